The van der Waals surface area contributed by atoms with Gasteiger partial charge in [0.1, 0.15) is 0 Å². The molecule has 0 bridgehead atoms. The van der Waals surface area contributed by atoms with Gasteiger partial charge in [0, 0.05) is 57.5 Å². The number of aromatic nitrogens is 4. The number of hydrogen-bond donors (Lipinski definition) is 0. The molecule has 9 rings (SSSR count). The van der Waals surface area contributed by atoms with Crippen molar-refractivity contribution < 1.29 is 29.1 Å². The van der Waals surface area contributed by atoms with Crippen LogP contribution in [0, 0.1) is 0 Å². The Morgan fingerprint density at radius 3 is 0.867 bits per heavy atom. The van der Waals surface area contributed by atoms with Gasteiger partial charge in [-0.15, -0.1) is 0 Å². The van der Waals surface area contributed by atoms with Gasteiger partial charge in [0.05, 0.1) is 22.1 Å². The van der Waals surface area contributed by atoms with E-state index in [1.807, 2.05) is 48.5 Å². The van der Waals surface area contributed by atoms with E-state index in [9.17, 15) is 9.59 Å². The molecule has 0 radical (unpaired) electrons. The largest absolute Gasteiger partial charge is 2.00 e. The Morgan fingerprint density at radius 2 is 0.578 bits per heavy atom. The molecule has 45 heavy (non-hydrogen) atoms. The van der Waals surface area contributed by atoms with Crippen LogP contribution in [-0.4, -0.2) is 31.5 Å². The van der Waals surface area contributed by atoms with Crippen molar-refractivity contribution in [2.45, 2.75) is 0 Å². The molecule has 4 heterocycles. The van der Waals surface area contributed by atoms with Crippen molar-refractivity contribution in [2.24, 2.45) is 0 Å². The number of carbonyl (C=O) groups is 2. The van der Waals surface area contributed by atoms with Gasteiger partial charge >= 0.3 is 19.5 Å². The van der Waals surface area contributed by atoms with Gasteiger partial charge in [-0.25, -0.2) is 0 Å². The fourth-order valence-electron chi connectivity index (χ4n) is 5.44. The van der Waals surface area contributed by atoms with Crippen LogP contribution in [0.4, 0.5) is 0 Å². The second kappa shape index (κ2) is 13.0. The summed E-state index contributed by atoms with van der Waals surface area (Å²) in [7, 11) is 0. The Kier molecular flexibility index (Phi) is 8.54. The molecule has 7 heteroatoms. The summed E-state index contributed by atoms with van der Waals surface area (Å²) in [5.41, 5.74) is 6.62. The van der Waals surface area contributed by atoms with Crippen LogP contribution in [0.2, 0.25) is 0 Å². The number of ketones is 2. The van der Waals surface area contributed by atoms with Crippen molar-refractivity contribution in [1.82, 2.24) is 19.9 Å². The van der Waals surface area contributed by atoms with E-state index in [1.54, 1.807) is 49.1 Å². The molecule has 6 nitrogen and oxygen atoms in total. The number of benzene rings is 4. The van der Waals surface area contributed by atoms with Crippen LogP contribution >= 0.6 is 0 Å². The van der Waals surface area contributed by atoms with Crippen molar-refractivity contribution in [1.29, 1.82) is 0 Å². The number of hydrogen-bond acceptors (Lipinski definition) is 6. The van der Waals surface area contributed by atoms with Crippen molar-refractivity contribution in [3.8, 4) is 11.1 Å². The molecular weight excluding hydrogens is 646 g/mol. The third-order valence-corrected chi connectivity index (χ3v) is 7.53. The van der Waals surface area contributed by atoms with E-state index >= 15 is 0 Å². The predicted octanol–water partition coefficient (Wildman–Crippen LogP) is 8.30. The molecule has 0 N–H and O–H groups in total. The molecule has 1 aliphatic rings. The quantitative estimate of drug-likeness (QED) is 0.0918. The first-order valence-electron chi connectivity index (χ1n) is 14.1. The molecule has 4 aromatic heterocycles. The Labute approximate surface area is 271 Å². The molecule has 0 aliphatic heterocycles. The summed E-state index contributed by atoms with van der Waals surface area (Å²) in [5.74, 6) is -0.816. The van der Waals surface area contributed by atoms with E-state index in [-0.39, 0.29) is 19.5 Å². The summed E-state index contributed by atoms with van der Waals surface area (Å²) in [6, 6.07) is 38.7. The minimum Gasteiger partial charge on any atom is -0.285 e. The Morgan fingerprint density at radius 1 is 0.311 bits per heavy atom. The Balaban J connectivity index is 0.000000118. The normalized spacial score (nSPS) is 11.5. The SMILES string of the molecule is O=C1C(=O)c2ccccc2-c2ccccc21.[Ru+2].c1cnc2c(c1)ccc1cccnc12.c1cnc2c(c1)ccc1cccnc12. The minimum absolute atomic E-state index is 0. The van der Waals surface area contributed by atoms with Crippen LogP contribution in [0.15, 0.2) is 146 Å². The average Bonchev–Trinajstić information content (AvgIpc) is 3.11. The Hall–Kier alpha value is -5.52. The fourth-order valence-corrected chi connectivity index (χ4v) is 5.44. The van der Waals surface area contributed by atoms with Gasteiger partial charge in [-0.1, -0.05) is 97.1 Å². The number of carbonyl (C=O) groups excluding carboxylic acids is 2. The van der Waals surface area contributed by atoms with Crippen molar-refractivity contribution in [3.05, 3.63) is 157 Å². The van der Waals surface area contributed by atoms with Gasteiger partial charge in [0.2, 0.25) is 11.6 Å². The van der Waals surface area contributed by atoms with E-state index in [2.05, 4.69) is 68.5 Å². The summed E-state index contributed by atoms with van der Waals surface area (Å²) in [6.45, 7) is 0. The van der Waals surface area contributed by atoms with Crippen LogP contribution < -0.4 is 0 Å². The maximum Gasteiger partial charge on any atom is 2.00 e. The average molecular weight is 670 g/mol. The first-order valence-corrected chi connectivity index (χ1v) is 14.1. The molecule has 0 saturated carbocycles. The summed E-state index contributed by atoms with van der Waals surface area (Å²) in [5, 5.41) is 4.55. The number of rotatable bonds is 0. The summed E-state index contributed by atoms with van der Waals surface area (Å²) in [6.07, 6.45) is 7.21. The minimum atomic E-state index is -0.408. The number of fused-ring (bicyclic) bond motifs is 9. The number of Topliss-reactive ketones (excluding diaryl/α,β-unsaturated/α-hetero) is 2. The second-order valence-electron chi connectivity index (χ2n) is 10.2. The van der Waals surface area contributed by atoms with Crippen molar-refractivity contribution in [2.75, 3.05) is 0 Å². The zero-order valence-electron chi connectivity index (χ0n) is 23.8. The number of pyridine rings is 4. The fraction of sp³-hybridized carbons (Fsp3) is 0. The molecule has 0 spiro atoms. The summed E-state index contributed by atoms with van der Waals surface area (Å²) < 4.78 is 0. The topological polar surface area (TPSA) is 85.7 Å². The molecule has 0 amide bonds. The molecular formula is C38H24N4O2Ru+2. The van der Waals surface area contributed by atoms with Gasteiger partial charge in [0.15, 0.2) is 0 Å². The molecule has 4 aromatic carbocycles. The molecule has 0 fully saturated rings. The van der Waals surface area contributed by atoms with E-state index < -0.39 is 11.6 Å². The van der Waals surface area contributed by atoms with Crippen molar-refractivity contribution in [3.63, 3.8) is 0 Å². The van der Waals surface area contributed by atoms with Gasteiger partial charge in [-0.3, -0.25) is 29.5 Å². The van der Waals surface area contributed by atoms with Crippen LogP contribution in [-0.2, 0) is 19.5 Å². The zero-order chi connectivity index (χ0) is 29.9. The molecule has 0 saturated heterocycles. The van der Waals surface area contributed by atoms with Crippen LogP contribution in [0.3, 0.4) is 0 Å². The van der Waals surface area contributed by atoms with Gasteiger partial charge < -0.3 is 0 Å². The summed E-state index contributed by atoms with van der Waals surface area (Å²) in [4.78, 5) is 41.0. The number of nitrogens with zero attached hydrogens (tertiary/aromatic N) is 4. The smallest absolute Gasteiger partial charge is 0.285 e. The van der Waals surface area contributed by atoms with Gasteiger partial charge in [-0.05, 0) is 35.4 Å². The van der Waals surface area contributed by atoms with E-state index in [4.69, 9.17) is 0 Å². The van der Waals surface area contributed by atoms with Crippen LogP contribution in [0.5, 0.6) is 0 Å². The van der Waals surface area contributed by atoms with E-state index in [0.717, 1.165) is 54.7 Å². The zero-order valence-corrected chi connectivity index (χ0v) is 25.6. The standard InChI is InChI=1S/C14H8O2.2C12H8N2.Ru/c15-13-11-7-3-1-5-9(11)10-6-2-4-8-12(10)14(13)16;2*1-3-9-5-6-10-4-2-8-14-12(10)11(9)13-7-1;/h1-8H;2*1-8H;/q;;;+2. The first-order chi connectivity index (χ1) is 21.7. The first kappa shape index (κ1) is 29.6. The third-order valence-electron chi connectivity index (χ3n) is 7.53. The summed E-state index contributed by atoms with van der Waals surface area (Å²) >= 11 is 0. The molecule has 8 aromatic rings. The molecule has 214 valence electrons. The molecule has 0 atom stereocenters. The van der Waals surface area contributed by atoms with Crippen LogP contribution in [0.1, 0.15) is 20.7 Å². The maximum atomic E-state index is 11.8. The van der Waals surface area contributed by atoms with E-state index in [0.29, 0.717) is 11.1 Å². The van der Waals surface area contributed by atoms with Crippen molar-refractivity contribution >= 4 is 55.2 Å². The monoisotopic (exact) mass is 670 g/mol. The Bertz CT molecular complexity index is 2080. The maximum absolute atomic E-state index is 11.8. The van der Waals surface area contributed by atoms with Gasteiger partial charge in [0.25, 0.3) is 0 Å². The van der Waals surface area contributed by atoms with Crippen LogP contribution in [0.25, 0.3) is 54.7 Å². The third kappa shape index (κ3) is 5.74. The predicted molar refractivity (Wildman–Crippen MR) is 175 cm³/mol. The molecule has 1 aliphatic carbocycles. The molecule has 0 unspecified atom stereocenters. The second-order valence-corrected chi connectivity index (χ2v) is 10.2. The van der Waals surface area contributed by atoms with E-state index in [1.165, 1.54) is 0 Å². The van der Waals surface area contributed by atoms with Gasteiger partial charge in [-0.2, -0.15) is 0 Å².